The van der Waals surface area contributed by atoms with Crippen LogP contribution in [0.3, 0.4) is 0 Å². The lowest BCUT2D eigenvalue weighted by atomic mass is 10.1. The van der Waals surface area contributed by atoms with Gasteiger partial charge in [0.2, 0.25) is 0 Å². The summed E-state index contributed by atoms with van der Waals surface area (Å²) in [6, 6.07) is 11.5. The minimum absolute atomic E-state index is 0.0327. The molecule has 3 aromatic rings. The number of rotatable bonds is 4. The lowest BCUT2D eigenvalue weighted by molar-refractivity contribution is -0.0310. The second-order valence-corrected chi connectivity index (χ2v) is 5.93. The predicted molar refractivity (Wildman–Crippen MR) is 89.8 cm³/mol. The Morgan fingerprint density at radius 2 is 2.08 bits per heavy atom. The van der Waals surface area contributed by atoms with Crippen LogP contribution in [0.1, 0.15) is 11.7 Å². The van der Waals surface area contributed by atoms with Gasteiger partial charge in [0.25, 0.3) is 0 Å². The Morgan fingerprint density at radius 3 is 2.96 bits per heavy atom. The summed E-state index contributed by atoms with van der Waals surface area (Å²) in [4.78, 5) is 18.5. The summed E-state index contributed by atoms with van der Waals surface area (Å²) in [5.74, 6) is -0.298. The summed E-state index contributed by atoms with van der Waals surface area (Å²) in [6.07, 6.45) is 3.65. The summed E-state index contributed by atoms with van der Waals surface area (Å²) in [5.41, 5.74) is 2.57. The standard InChI is InChI=1S/C18H19N3O3/c22-18-21(15-5-1-2-6-16(15)24-18)9-8-20-10-11-23-17(13-20)14-4-3-7-19-12-14/h1-7,12,17H,8-11,13H2/t17-/m1/s1. The Kier molecular flexibility index (Phi) is 4.15. The van der Waals surface area contributed by atoms with Gasteiger partial charge in [-0.15, -0.1) is 0 Å². The molecule has 0 unspecified atom stereocenters. The predicted octanol–water partition coefficient (Wildman–Crippen LogP) is 2.06. The fraction of sp³-hybridized carbons (Fsp3) is 0.333. The van der Waals surface area contributed by atoms with E-state index in [-0.39, 0.29) is 11.9 Å². The Hall–Kier alpha value is -2.44. The SMILES string of the molecule is O=c1oc2ccccc2n1CCN1CCO[C@@H](c2cccnc2)C1. The minimum atomic E-state index is -0.298. The molecular formula is C18H19N3O3. The number of pyridine rings is 1. The average molecular weight is 325 g/mol. The minimum Gasteiger partial charge on any atom is -0.408 e. The third-order valence-electron chi connectivity index (χ3n) is 4.42. The van der Waals surface area contributed by atoms with Gasteiger partial charge in [-0.3, -0.25) is 14.5 Å². The molecule has 0 radical (unpaired) electrons. The number of nitrogens with zero attached hydrogens (tertiary/aromatic N) is 3. The van der Waals surface area contributed by atoms with E-state index in [0.717, 1.165) is 30.7 Å². The van der Waals surface area contributed by atoms with E-state index in [9.17, 15) is 4.79 Å². The molecule has 1 aliphatic rings. The van der Waals surface area contributed by atoms with Crippen LogP contribution in [0.2, 0.25) is 0 Å². The highest BCUT2D eigenvalue weighted by atomic mass is 16.5. The molecule has 0 saturated carbocycles. The van der Waals surface area contributed by atoms with Gasteiger partial charge in [-0.1, -0.05) is 18.2 Å². The fourth-order valence-corrected chi connectivity index (χ4v) is 3.14. The smallest absolute Gasteiger partial charge is 0.408 e. The van der Waals surface area contributed by atoms with E-state index < -0.39 is 0 Å². The van der Waals surface area contributed by atoms with E-state index in [0.29, 0.717) is 18.7 Å². The zero-order valence-electron chi connectivity index (χ0n) is 13.3. The van der Waals surface area contributed by atoms with Crippen molar-refractivity contribution < 1.29 is 9.15 Å². The molecule has 1 atom stereocenters. The van der Waals surface area contributed by atoms with Crippen LogP contribution in [0.25, 0.3) is 11.1 Å². The zero-order valence-corrected chi connectivity index (χ0v) is 13.3. The van der Waals surface area contributed by atoms with Crippen LogP contribution in [0.15, 0.2) is 58.0 Å². The normalized spacial score (nSPS) is 18.9. The summed E-state index contributed by atoms with van der Waals surface area (Å²) < 4.78 is 12.8. The van der Waals surface area contributed by atoms with E-state index in [1.54, 1.807) is 10.8 Å². The number of oxazole rings is 1. The van der Waals surface area contributed by atoms with Gasteiger partial charge in [-0.05, 0) is 18.2 Å². The summed E-state index contributed by atoms with van der Waals surface area (Å²) >= 11 is 0. The van der Waals surface area contributed by atoms with Crippen molar-refractivity contribution in [1.29, 1.82) is 0 Å². The Bertz CT molecular complexity index is 872. The van der Waals surface area contributed by atoms with E-state index in [1.807, 2.05) is 42.6 Å². The van der Waals surface area contributed by atoms with E-state index in [4.69, 9.17) is 9.15 Å². The van der Waals surface area contributed by atoms with Gasteiger partial charge in [0.15, 0.2) is 5.58 Å². The van der Waals surface area contributed by atoms with Gasteiger partial charge in [0, 0.05) is 44.1 Å². The number of hydrogen-bond acceptors (Lipinski definition) is 5. The second-order valence-electron chi connectivity index (χ2n) is 5.93. The molecule has 1 fully saturated rings. The molecule has 4 rings (SSSR count). The third kappa shape index (κ3) is 2.98. The lowest BCUT2D eigenvalue weighted by Gasteiger charge is -2.32. The molecule has 0 spiro atoms. The number of ether oxygens (including phenoxy) is 1. The maximum Gasteiger partial charge on any atom is 0.419 e. The number of morpholine rings is 1. The Balaban J connectivity index is 1.45. The first-order valence-corrected chi connectivity index (χ1v) is 8.13. The highest BCUT2D eigenvalue weighted by Crippen LogP contribution is 2.21. The molecule has 0 aliphatic carbocycles. The molecular weight excluding hydrogens is 306 g/mol. The Labute approximate surface area is 139 Å². The topological polar surface area (TPSA) is 60.5 Å². The molecule has 6 nitrogen and oxygen atoms in total. The maximum absolute atomic E-state index is 12.0. The van der Waals surface area contributed by atoms with Gasteiger partial charge >= 0.3 is 5.76 Å². The molecule has 6 heteroatoms. The molecule has 0 N–H and O–H groups in total. The molecule has 24 heavy (non-hydrogen) atoms. The van der Waals surface area contributed by atoms with Gasteiger partial charge in [-0.2, -0.15) is 0 Å². The van der Waals surface area contributed by atoms with Crippen LogP contribution >= 0.6 is 0 Å². The number of hydrogen-bond donors (Lipinski definition) is 0. The van der Waals surface area contributed by atoms with Crippen molar-refractivity contribution in [2.75, 3.05) is 26.2 Å². The first-order chi connectivity index (χ1) is 11.8. The van der Waals surface area contributed by atoms with E-state index >= 15 is 0 Å². The number of benzene rings is 1. The highest BCUT2D eigenvalue weighted by Gasteiger charge is 2.22. The summed E-state index contributed by atoms with van der Waals surface area (Å²) in [7, 11) is 0. The van der Waals surface area contributed by atoms with Crippen molar-refractivity contribution in [3.63, 3.8) is 0 Å². The van der Waals surface area contributed by atoms with Crippen LogP contribution in [-0.4, -0.2) is 40.7 Å². The largest absolute Gasteiger partial charge is 0.419 e. The van der Waals surface area contributed by atoms with Crippen LogP contribution in [-0.2, 0) is 11.3 Å². The number of fused-ring (bicyclic) bond motifs is 1. The van der Waals surface area contributed by atoms with Crippen molar-refractivity contribution in [2.24, 2.45) is 0 Å². The van der Waals surface area contributed by atoms with Gasteiger partial charge in [0.05, 0.1) is 18.2 Å². The fourth-order valence-electron chi connectivity index (χ4n) is 3.14. The van der Waals surface area contributed by atoms with Gasteiger partial charge in [-0.25, -0.2) is 4.79 Å². The molecule has 0 amide bonds. The summed E-state index contributed by atoms with van der Waals surface area (Å²) in [5, 5.41) is 0. The zero-order chi connectivity index (χ0) is 16.4. The van der Waals surface area contributed by atoms with Crippen molar-refractivity contribution in [1.82, 2.24) is 14.5 Å². The van der Waals surface area contributed by atoms with Crippen molar-refractivity contribution in [3.05, 3.63) is 64.9 Å². The monoisotopic (exact) mass is 325 g/mol. The van der Waals surface area contributed by atoms with Crippen LogP contribution in [0, 0.1) is 0 Å². The molecule has 124 valence electrons. The summed E-state index contributed by atoms with van der Waals surface area (Å²) in [6.45, 7) is 3.73. The first-order valence-electron chi connectivity index (χ1n) is 8.13. The molecule has 1 aromatic carbocycles. The number of aromatic nitrogens is 2. The number of para-hydroxylation sites is 2. The third-order valence-corrected chi connectivity index (χ3v) is 4.42. The molecule has 3 heterocycles. The van der Waals surface area contributed by atoms with Crippen LogP contribution in [0.5, 0.6) is 0 Å². The van der Waals surface area contributed by atoms with Crippen LogP contribution in [0.4, 0.5) is 0 Å². The molecule has 1 saturated heterocycles. The van der Waals surface area contributed by atoms with Gasteiger partial charge in [0.1, 0.15) is 0 Å². The van der Waals surface area contributed by atoms with Gasteiger partial charge < -0.3 is 9.15 Å². The van der Waals surface area contributed by atoms with Crippen molar-refractivity contribution >= 4 is 11.1 Å². The molecule has 2 aromatic heterocycles. The molecule has 0 bridgehead atoms. The van der Waals surface area contributed by atoms with E-state index in [2.05, 4.69) is 9.88 Å². The maximum atomic E-state index is 12.0. The average Bonchev–Trinajstić information content (AvgIpc) is 2.96. The molecule has 1 aliphatic heterocycles. The van der Waals surface area contributed by atoms with Crippen LogP contribution < -0.4 is 5.76 Å². The van der Waals surface area contributed by atoms with Crippen molar-refractivity contribution in [2.45, 2.75) is 12.6 Å². The highest BCUT2D eigenvalue weighted by molar-refractivity contribution is 5.72. The quantitative estimate of drug-likeness (QED) is 0.735. The van der Waals surface area contributed by atoms with E-state index in [1.165, 1.54) is 0 Å². The second kappa shape index (κ2) is 6.59. The van der Waals surface area contributed by atoms with Crippen molar-refractivity contribution in [3.8, 4) is 0 Å². The first kappa shape index (κ1) is 15.1. The lowest BCUT2D eigenvalue weighted by Crippen LogP contribution is -2.40. The Morgan fingerprint density at radius 1 is 1.17 bits per heavy atom.